The highest BCUT2D eigenvalue weighted by Crippen LogP contribution is 2.21. The number of carboxylic acids is 2. The zero-order valence-electron chi connectivity index (χ0n) is 16.8. The van der Waals surface area contributed by atoms with Crippen molar-refractivity contribution in [1.29, 1.82) is 0 Å². The number of carbonyl (C=O) groups excluding carboxylic acids is 1. The van der Waals surface area contributed by atoms with Crippen LogP contribution in [0.15, 0.2) is 65.0 Å². The fraction of sp³-hybridized carbons (Fsp3) is 0.100. The van der Waals surface area contributed by atoms with Gasteiger partial charge < -0.3 is 15.5 Å². The number of anilines is 1. The SMILES string of the molecule is O=C(NCCc1nccs1)c1ccccc1NS(=O)(=O)c1ccc(Cl)cc1.O=C(O)C(=O)O. The number of aromatic nitrogens is 1. The largest absolute Gasteiger partial charge is 0.473 e. The number of hydrogen-bond donors (Lipinski definition) is 4. The van der Waals surface area contributed by atoms with Gasteiger partial charge in [-0.05, 0) is 36.4 Å². The van der Waals surface area contributed by atoms with E-state index >= 15 is 0 Å². The molecular weight excluding hydrogens is 494 g/mol. The maximum absolute atomic E-state index is 12.6. The Morgan fingerprint density at radius 2 is 1.64 bits per heavy atom. The van der Waals surface area contributed by atoms with Crippen molar-refractivity contribution in [2.75, 3.05) is 11.3 Å². The van der Waals surface area contributed by atoms with E-state index in [9.17, 15) is 13.2 Å². The minimum atomic E-state index is -3.84. The van der Waals surface area contributed by atoms with E-state index in [0.717, 1.165) is 5.01 Å². The zero-order chi connectivity index (χ0) is 24.4. The Morgan fingerprint density at radius 3 is 2.21 bits per heavy atom. The van der Waals surface area contributed by atoms with Crippen molar-refractivity contribution in [2.24, 2.45) is 0 Å². The van der Waals surface area contributed by atoms with E-state index < -0.39 is 22.0 Å². The summed E-state index contributed by atoms with van der Waals surface area (Å²) in [4.78, 5) is 34.9. The lowest BCUT2D eigenvalue weighted by Gasteiger charge is -2.12. The molecule has 1 heterocycles. The minimum Gasteiger partial charge on any atom is -0.473 e. The van der Waals surface area contributed by atoms with Gasteiger partial charge in [-0.1, -0.05) is 23.7 Å². The van der Waals surface area contributed by atoms with Crippen LogP contribution >= 0.6 is 22.9 Å². The molecule has 33 heavy (non-hydrogen) atoms. The van der Waals surface area contributed by atoms with Crippen LogP contribution in [-0.4, -0.2) is 48.0 Å². The summed E-state index contributed by atoms with van der Waals surface area (Å²) in [5.74, 6) is -4.01. The number of para-hydroxylation sites is 1. The smallest absolute Gasteiger partial charge is 0.414 e. The molecule has 1 amide bonds. The highest BCUT2D eigenvalue weighted by Gasteiger charge is 2.18. The molecular formula is C20H18ClN3O7S2. The lowest BCUT2D eigenvalue weighted by atomic mass is 10.1. The molecule has 0 radical (unpaired) electrons. The number of nitrogens with zero attached hydrogens (tertiary/aromatic N) is 1. The van der Waals surface area contributed by atoms with Gasteiger partial charge >= 0.3 is 11.9 Å². The van der Waals surface area contributed by atoms with Gasteiger partial charge in [0.1, 0.15) is 0 Å². The highest BCUT2D eigenvalue weighted by atomic mass is 35.5. The maximum atomic E-state index is 12.6. The average Bonchev–Trinajstić information content (AvgIpc) is 3.28. The number of amides is 1. The number of halogens is 1. The van der Waals surface area contributed by atoms with Crippen molar-refractivity contribution in [3.05, 3.63) is 75.7 Å². The van der Waals surface area contributed by atoms with Crippen LogP contribution in [0.25, 0.3) is 0 Å². The second-order valence-electron chi connectivity index (χ2n) is 6.15. The molecule has 0 spiro atoms. The summed E-state index contributed by atoms with van der Waals surface area (Å²) in [6.45, 7) is 0.407. The van der Waals surface area contributed by atoms with Crippen molar-refractivity contribution in [3.8, 4) is 0 Å². The molecule has 0 saturated carbocycles. The molecule has 3 aromatic rings. The predicted octanol–water partition coefficient (Wildman–Crippen LogP) is 2.73. The van der Waals surface area contributed by atoms with Crippen LogP contribution in [0.5, 0.6) is 0 Å². The Hall–Kier alpha value is -3.48. The fourth-order valence-corrected chi connectivity index (χ4v) is 4.17. The molecule has 0 unspecified atom stereocenters. The van der Waals surface area contributed by atoms with E-state index in [1.165, 1.54) is 35.6 Å². The van der Waals surface area contributed by atoms with Crippen molar-refractivity contribution in [3.63, 3.8) is 0 Å². The molecule has 0 aliphatic heterocycles. The number of nitrogens with one attached hydrogen (secondary N) is 2. The van der Waals surface area contributed by atoms with Gasteiger partial charge in [0.15, 0.2) is 0 Å². The third-order valence-corrected chi connectivity index (χ3v) is 6.30. The number of carbonyl (C=O) groups is 3. The molecule has 0 aliphatic carbocycles. The lowest BCUT2D eigenvalue weighted by molar-refractivity contribution is -0.159. The van der Waals surface area contributed by atoms with E-state index in [-0.39, 0.29) is 22.1 Å². The van der Waals surface area contributed by atoms with Crippen molar-refractivity contribution < 1.29 is 33.0 Å². The zero-order valence-corrected chi connectivity index (χ0v) is 19.2. The topological polar surface area (TPSA) is 163 Å². The second kappa shape index (κ2) is 11.9. The molecule has 0 atom stereocenters. The van der Waals surface area contributed by atoms with Crippen LogP contribution < -0.4 is 10.0 Å². The lowest BCUT2D eigenvalue weighted by Crippen LogP contribution is -2.27. The standard InChI is InChI=1S/C18H16ClN3O3S2.C2H2O4/c19-13-5-7-14(8-6-13)27(24,25)22-16-4-2-1-3-15(16)18(23)21-10-9-17-20-11-12-26-17;3-1(4)2(5)6/h1-8,11-12,22H,9-10H2,(H,21,23);(H,3,4)(H,5,6). The van der Waals surface area contributed by atoms with Gasteiger partial charge in [0.2, 0.25) is 0 Å². The van der Waals surface area contributed by atoms with Crippen LogP contribution in [0.4, 0.5) is 5.69 Å². The average molecular weight is 512 g/mol. The van der Waals surface area contributed by atoms with Crippen LogP contribution in [-0.2, 0) is 26.0 Å². The van der Waals surface area contributed by atoms with Gasteiger partial charge in [0.25, 0.3) is 15.9 Å². The van der Waals surface area contributed by atoms with Gasteiger partial charge in [-0.3, -0.25) is 9.52 Å². The van der Waals surface area contributed by atoms with Gasteiger partial charge in [0.05, 0.1) is 21.2 Å². The van der Waals surface area contributed by atoms with E-state index in [0.29, 0.717) is 18.0 Å². The van der Waals surface area contributed by atoms with E-state index in [2.05, 4.69) is 15.0 Å². The Kier molecular flexibility index (Phi) is 9.33. The Labute approximate surface area is 197 Å². The molecule has 3 rings (SSSR count). The molecule has 174 valence electrons. The number of sulfonamides is 1. The first-order valence-electron chi connectivity index (χ1n) is 9.10. The number of thiazole rings is 1. The summed E-state index contributed by atoms with van der Waals surface area (Å²) in [5, 5.41) is 20.8. The summed E-state index contributed by atoms with van der Waals surface area (Å²) in [7, 11) is -3.84. The van der Waals surface area contributed by atoms with E-state index in [4.69, 9.17) is 31.4 Å². The van der Waals surface area contributed by atoms with Crippen LogP contribution in [0, 0.1) is 0 Å². The van der Waals surface area contributed by atoms with Gasteiger partial charge in [0, 0.05) is 29.6 Å². The number of rotatable bonds is 7. The summed E-state index contributed by atoms with van der Waals surface area (Å²) < 4.78 is 27.6. The summed E-state index contributed by atoms with van der Waals surface area (Å²) in [6.07, 6.45) is 2.32. The van der Waals surface area contributed by atoms with Crippen molar-refractivity contribution >= 4 is 56.5 Å². The molecule has 13 heteroatoms. The fourth-order valence-electron chi connectivity index (χ4n) is 2.34. The van der Waals surface area contributed by atoms with Gasteiger partial charge in [-0.2, -0.15) is 0 Å². The van der Waals surface area contributed by atoms with Crippen LogP contribution in [0.1, 0.15) is 15.4 Å². The molecule has 0 aliphatic rings. The van der Waals surface area contributed by atoms with Gasteiger partial charge in [-0.15, -0.1) is 11.3 Å². The highest BCUT2D eigenvalue weighted by molar-refractivity contribution is 7.92. The predicted molar refractivity (Wildman–Crippen MR) is 122 cm³/mol. The molecule has 0 fully saturated rings. The minimum absolute atomic E-state index is 0.0610. The van der Waals surface area contributed by atoms with E-state index in [1.807, 2.05) is 5.38 Å². The molecule has 2 aromatic carbocycles. The monoisotopic (exact) mass is 511 g/mol. The number of aliphatic carboxylic acids is 2. The molecule has 4 N–H and O–H groups in total. The summed E-state index contributed by atoms with van der Waals surface area (Å²) in [6, 6.07) is 12.2. The second-order valence-corrected chi connectivity index (χ2v) is 9.25. The van der Waals surface area contributed by atoms with Crippen LogP contribution in [0.3, 0.4) is 0 Å². The first-order valence-corrected chi connectivity index (χ1v) is 11.8. The van der Waals surface area contributed by atoms with E-state index in [1.54, 1.807) is 30.5 Å². The third-order valence-electron chi connectivity index (χ3n) is 3.83. The molecule has 1 aromatic heterocycles. The first-order chi connectivity index (χ1) is 15.6. The van der Waals surface area contributed by atoms with Gasteiger partial charge in [-0.25, -0.2) is 23.0 Å². The summed E-state index contributed by atoms with van der Waals surface area (Å²) >= 11 is 7.32. The number of carboxylic acid groups (broad SMARTS) is 2. The van der Waals surface area contributed by atoms with Crippen molar-refractivity contribution in [2.45, 2.75) is 11.3 Å². The van der Waals surface area contributed by atoms with Crippen molar-refractivity contribution in [1.82, 2.24) is 10.3 Å². The Balaban J connectivity index is 0.000000569. The third kappa shape index (κ3) is 8.18. The Bertz CT molecular complexity index is 1200. The molecule has 0 bridgehead atoms. The molecule has 0 saturated heterocycles. The quantitative estimate of drug-likeness (QED) is 0.352. The maximum Gasteiger partial charge on any atom is 0.414 e. The normalized spacial score (nSPS) is 10.5. The van der Waals surface area contributed by atoms with Crippen LogP contribution in [0.2, 0.25) is 5.02 Å². The summed E-state index contributed by atoms with van der Waals surface area (Å²) in [5.41, 5.74) is 0.452. The Morgan fingerprint density at radius 1 is 1.00 bits per heavy atom. The number of benzene rings is 2. The first kappa shape index (κ1) is 25.8. The number of hydrogen-bond acceptors (Lipinski definition) is 7. The molecule has 10 nitrogen and oxygen atoms in total.